The predicted molar refractivity (Wildman–Crippen MR) is 44.9 cm³/mol. The van der Waals surface area contributed by atoms with Crippen LogP contribution in [0, 0.1) is 5.92 Å². The molecule has 62 valence electrons. The summed E-state index contributed by atoms with van der Waals surface area (Å²) in [5, 5.41) is 0. The lowest BCUT2D eigenvalue weighted by molar-refractivity contribution is 0.262. The molecule has 0 heterocycles. The Balaban J connectivity index is 3.46. The van der Waals surface area contributed by atoms with E-state index in [4.69, 9.17) is 4.52 Å². The monoisotopic (exact) mass is 164 g/mol. The Morgan fingerprint density at radius 1 is 1.50 bits per heavy atom. The van der Waals surface area contributed by atoms with E-state index < -0.39 is 7.37 Å². The molecule has 2 nitrogen and oxygen atoms in total. The minimum atomic E-state index is -2.23. The first kappa shape index (κ1) is 10.2. The number of hydrogen-bond donors (Lipinski definition) is 0. The summed E-state index contributed by atoms with van der Waals surface area (Å²) in [4.78, 5) is 0. The van der Waals surface area contributed by atoms with Gasteiger partial charge in [0, 0.05) is 13.3 Å². The first-order chi connectivity index (χ1) is 4.45. The Morgan fingerprint density at radius 2 is 2.00 bits per heavy atom. The molecule has 10 heavy (non-hydrogen) atoms. The first-order valence-corrected chi connectivity index (χ1v) is 6.17. The summed E-state index contributed by atoms with van der Waals surface area (Å²) in [5.41, 5.74) is 0. The fourth-order valence-electron chi connectivity index (χ4n) is 0.425. The quantitative estimate of drug-likeness (QED) is 0.597. The summed E-state index contributed by atoms with van der Waals surface area (Å²) in [6.07, 6.45) is 1.08. The highest BCUT2D eigenvalue weighted by Gasteiger charge is 2.08. The number of hydrogen-bond acceptors (Lipinski definition) is 2. The van der Waals surface area contributed by atoms with Crippen molar-refractivity contribution < 1.29 is 9.09 Å². The third-order valence-corrected chi connectivity index (χ3v) is 2.14. The van der Waals surface area contributed by atoms with Crippen LogP contribution in [0.4, 0.5) is 0 Å². The number of rotatable bonds is 4. The van der Waals surface area contributed by atoms with Crippen molar-refractivity contribution in [3.63, 3.8) is 0 Å². The van der Waals surface area contributed by atoms with Gasteiger partial charge in [-0.15, -0.1) is 0 Å². The van der Waals surface area contributed by atoms with Crippen LogP contribution < -0.4 is 0 Å². The topological polar surface area (TPSA) is 26.3 Å². The van der Waals surface area contributed by atoms with Crippen LogP contribution in [-0.2, 0) is 9.09 Å². The fourth-order valence-corrected chi connectivity index (χ4v) is 1.04. The largest absolute Gasteiger partial charge is 0.329 e. The Labute approximate surface area is 63.4 Å². The molecule has 1 atom stereocenters. The minimum absolute atomic E-state index is 0.522. The maximum atomic E-state index is 11.0. The zero-order valence-electron chi connectivity index (χ0n) is 7.26. The van der Waals surface area contributed by atoms with Gasteiger partial charge in [-0.3, -0.25) is 4.57 Å². The van der Waals surface area contributed by atoms with Gasteiger partial charge in [-0.25, -0.2) is 0 Å². The van der Waals surface area contributed by atoms with E-state index in [1.807, 2.05) is 0 Å². The lowest BCUT2D eigenvalue weighted by atomic mass is 10.1. The van der Waals surface area contributed by atoms with Crippen LogP contribution in [0.3, 0.4) is 0 Å². The summed E-state index contributed by atoms with van der Waals surface area (Å²) < 4.78 is 16.2. The Bertz CT molecular complexity index is 128. The smallest absolute Gasteiger partial charge is 0.197 e. The molecule has 0 aromatic rings. The van der Waals surface area contributed by atoms with Gasteiger partial charge in [0.1, 0.15) is 0 Å². The normalized spacial score (nSPS) is 15.2. The average molecular weight is 164 g/mol. The fraction of sp³-hybridized carbons (Fsp3) is 1.00. The van der Waals surface area contributed by atoms with Crippen molar-refractivity contribution in [1.29, 1.82) is 0 Å². The van der Waals surface area contributed by atoms with Crippen molar-refractivity contribution in [2.24, 2.45) is 5.92 Å². The third kappa shape index (κ3) is 6.31. The molecule has 0 saturated carbocycles. The van der Waals surface area contributed by atoms with Crippen molar-refractivity contribution in [3.8, 4) is 0 Å². The van der Waals surface area contributed by atoms with E-state index >= 15 is 0 Å². The molecule has 0 fully saturated rings. The van der Waals surface area contributed by atoms with Crippen molar-refractivity contribution >= 4 is 7.37 Å². The average Bonchev–Trinajstić information content (AvgIpc) is 1.81. The van der Waals surface area contributed by atoms with Crippen LogP contribution in [0.5, 0.6) is 0 Å². The van der Waals surface area contributed by atoms with E-state index in [2.05, 4.69) is 13.8 Å². The van der Waals surface area contributed by atoms with Gasteiger partial charge in [-0.1, -0.05) is 20.3 Å². The predicted octanol–water partition coefficient (Wildman–Crippen LogP) is 2.59. The summed E-state index contributed by atoms with van der Waals surface area (Å²) in [7, 11) is -2.23. The van der Waals surface area contributed by atoms with Crippen LogP contribution in [0.15, 0.2) is 0 Å². The Kier molecular flexibility index (Phi) is 4.23. The molecule has 0 aliphatic rings. The zero-order chi connectivity index (χ0) is 8.20. The summed E-state index contributed by atoms with van der Waals surface area (Å²) in [6.45, 7) is 8.12. The molecular formula is C7H17O2P. The van der Waals surface area contributed by atoms with Gasteiger partial charge in [-0.05, 0) is 5.92 Å². The molecule has 0 N–H and O–H groups in total. The second kappa shape index (κ2) is 4.15. The highest BCUT2D eigenvalue weighted by molar-refractivity contribution is 7.57. The van der Waals surface area contributed by atoms with Gasteiger partial charge >= 0.3 is 0 Å². The molecular weight excluding hydrogens is 147 g/mol. The summed E-state index contributed by atoms with van der Waals surface area (Å²) in [5.74, 6) is 0.522. The molecule has 0 bridgehead atoms. The van der Waals surface area contributed by atoms with Gasteiger partial charge in [0.15, 0.2) is 7.37 Å². The molecule has 0 saturated heterocycles. The molecule has 0 aromatic heterocycles. The van der Waals surface area contributed by atoms with E-state index in [0.717, 1.165) is 6.42 Å². The van der Waals surface area contributed by atoms with Crippen LogP contribution in [-0.4, -0.2) is 19.9 Å². The molecule has 0 aliphatic carbocycles. The lowest BCUT2D eigenvalue weighted by Crippen LogP contribution is -2.02. The van der Waals surface area contributed by atoms with Gasteiger partial charge in [-0.2, -0.15) is 0 Å². The maximum absolute atomic E-state index is 11.0. The second-order valence-electron chi connectivity index (χ2n) is 3.06. The summed E-state index contributed by atoms with van der Waals surface area (Å²) >= 11 is 0. The molecule has 3 heteroatoms. The van der Waals surface area contributed by atoms with Crippen molar-refractivity contribution in [2.45, 2.75) is 20.3 Å². The highest BCUT2D eigenvalue weighted by atomic mass is 31.2. The van der Waals surface area contributed by atoms with Crippen LogP contribution in [0.2, 0.25) is 0 Å². The molecule has 0 amide bonds. The van der Waals surface area contributed by atoms with E-state index in [9.17, 15) is 4.57 Å². The Hall–Kier alpha value is 0.190. The SMILES string of the molecule is CCC(C)COP(C)(C)=O. The van der Waals surface area contributed by atoms with Crippen molar-refractivity contribution in [3.05, 3.63) is 0 Å². The van der Waals surface area contributed by atoms with Gasteiger partial charge < -0.3 is 4.52 Å². The van der Waals surface area contributed by atoms with Gasteiger partial charge in [0.2, 0.25) is 0 Å². The second-order valence-corrected chi connectivity index (χ2v) is 5.82. The van der Waals surface area contributed by atoms with Crippen molar-refractivity contribution in [1.82, 2.24) is 0 Å². The highest BCUT2D eigenvalue weighted by Crippen LogP contribution is 2.37. The minimum Gasteiger partial charge on any atom is -0.329 e. The third-order valence-electron chi connectivity index (χ3n) is 1.37. The molecule has 0 aliphatic heterocycles. The van der Waals surface area contributed by atoms with Crippen LogP contribution >= 0.6 is 7.37 Å². The standard InChI is InChI=1S/C7H17O2P/c1-5-7(2)6-9-10(3,4)8/h7H,5-6H2,1-4H3. The van der Waals surface area contributed by atoms with Crippen molar-refractivity contribution in [2.75, 3.05) is 19.9 Å². The molecule has 0 rings (SSSR count). The maximum Gasteiger partial charge on any atom is 0.197 e. The lowest BCUT2D eigenvalue weighted by Gasteiger charge is -2.11. The van der Waals surface area contributed by atoms with Gasteiger partial charge in [0.05, 0.1) is 6.61 Å². The van der Waals surface area contributed by atoms with Crippen LogP contribution in [0.1, 0.15) is 20.3 Å². The molecule has 0 radical (unpaired) electrons. The summed E-state index contributed by atoms with van der Waals surface area (Å²) in [6, 6.07) is 0. The van der Waals surface area contributed by atoms with E-state index in [-0.39, 0.29) is 0 Å². The zero-order valence-corrected chi connectivity index (χ0v) is 8.15. The first-order valence-electron chi connectivity index (χ1n) is 3.65. The van der Waals surface area contributed by atoms with E-state index in [0.29, 0.717) is 12.5 Å². The van der Waals surface area contributed by atoms with E-state index in [1.165, 1.54) is 0 Å². The van der Waals surface area contributed by atoms with Gasteiger partial charge in [0.25, 0.3) is 0 Å². The molecule has 0 aromatic carbocycles. The Morgan fingerprint density at radius 3 is 2.30 bits per heavy atom. The van der Waals surface area contributed by atoms with Crippen LogP contribution in [0.25, 0.3) is 0 Å². The molecule has 0 spiro atoms. The molecule has 1 unspecified atom stereocenters. The van der Waals surface area contributed by atoms with E-state index in [1.54, 1.807) is 13.3 Å².